The maximum atomic E-state index is 12.2. The molecule has 2 amide bonds. The molecule has 24 heavy (non-hydrogen) atoms. The average Bonchev–Trinajstić information content (AvgIpc) is 2.96. The summed E-state index contributed by atoms with van der Waals surface area (Å²) in [5.74, 6) is -0.0204. The number of nitrogens with zero attached hydrogens (tertiary/aromatic N) is 1. The summed E-state index contributed by atoms with van der Waals surface area (Å²) in [4.78, 5) is 25.7. The van der Waals surface area contributed by atoms with Crippen molar-refractivity contribution in [3.05, 3.63) is 57.8 Å². The number of amides is 2. The van der Waals surface area contributed by atoms with Gasteiger partial charge >= 0.3 is 0 Å². The molecule has 0 aliphatic heterocycles. The summed E-state index contributed by atoms with van der Waals surface area (Å²) in [5, 5.41) is 2.03. The van der Waals surface area contributed by atoms with Crippen molar-refractivity contribution < 1.29 is 14.3 Å². The van der Waals surface area contributed by atoms with Gasteiger partial charge in [0.1, 0.15) is 5.75 Å². The normalized spacial score (nSPS) is 10.8. The van der Waals surface area contributed by atoms with Gasteiger partial charge in [0.2, 0.25) is 5.91 Å². The number of nitrogens with two attached hydrogens (primary N) is 1. The summed E-state index contributed by atoms with van der Waals surface area (Å²) >= 11 is 1.65. The molecule has 5 nitrogen and oxygen atoms in total. The molecule has 6 heteroatoms. The van der Waals surface area contributed by atoms with E-state index in [1.807, 2.05) is 24.4 Å². The molecular weight excluding hydrogens is 324 g/mol. The molecule has 0 saturated carbocycles. The number of benzene rings is 1. The minimum absolute atomic E-state index is 0.0585. The standard InChI is InChI=1S/C18H20N2O3S/c1-13-9-10-24-16(13)11-20(2)18(22)8-5-14-3-6-15(7-4-14)23-12-17(19)21/h3-10H,11-12H2,1-2H3,(H2,19,21). The molecule has 0 atom stereocenters. The van der Waals surface area contributed by atoms with Crippen LogP contribution in [0.5, 0.6) is 5.75 Å². The Bertz CT molecular complexity index is 735. The van der Waals surface area contributed by atoms with Crippen molar-refractivity contribution in [3.8, 4) is 5.75 Å². The van der Waals surface area contributed by atoms with Gasteiger partial charge in [0.05, 0.1) is 6.54 Å². The second-order valence-corrected chi connectivity index (χ2v) is 6.38. The first-order valence-electron chi connectivity index (χ1n) is 7.43. The molecule has 0 spiro atoms. The van der Waals surface area contributed by atoms with Crippen LogP contribution in [0.25, 0.3) is 6.08 Å². The highest BCUT2D eigenvalue weighted by Gasteiger charge is 2.08. The van der Waals surface area contributed by atoms with Gasteiger partial charge in [-0.3, -0.25) is 9.59 Å². The Hall–Kier alpha value is -2.60. The quantitative estimate of drug-likeness (QED) is 0.785. The highest BCUT2D eigenvalue weighted by atomic mass is 32.1. The van der Waals surface area contributed by atoms with Crippen LogP contribution in [0.1, 0.15) is 16.0 Å². The lowest BCUT2D eigenvalue weighted by molar-refractivity contribution is -0.125. The van der Waals surface area contributed by atoms with E-state index in [0.29, 0.717) is 12.3 Å². The second-order valence-electron chi connectivity index (χ2n) is 5.38. The fourth-order valence-electron chi connectivity index (χ4n) is 1.98. The minimum Gasteiger partial charge on any atom is -0.484 e. The van der Waals surface area contributed by atoms with Crippen LogP contribution in [0.2, 0.25) is 0 Å². The predicted molar refractivity (Wildman–Crippen MR) is 95.7 cm³/mol. The van der Waals surface area contributed by atoms with E-state index in [4.69, 9.17) is 10.5 Å². The number of thiophene rings is 1. The Kier molecular flexibility index (Phi) is 6.14. The highest BCUT2D eigenvalue weighted by Crippen LogP contribution is 2.17. The Balaban J connectivity index is 1.90. The predicted octanol–water partition coefficient (Wildman–Crippen LogP) is 2.59. The number of carbonyl (C=O) groups excluding carboxylic acids is 2. The Morgan fingerprint density at radius 3 is 2.54 bits per heavy atom. The number of rotatable bonds is 7. The molecule has 0 aliphatic rings. The smallest absolute Gasteiger partial charge is 0.255 e. The average molecular weight is 344 g/mol. The molecule has 0 bridgehead atoms. The van der Waals surface area contributed by atoms with Crippen LogP contribution < -0.4 is 10.5 Å². The second kappa shape index (κ2) is 8.31. The molecule has 2 aromatic rings. The molecule has 0 aliphatic carbocycles. The lowest BCUT2D eigenvalue weighted by Crippen LogP contribution is -2.23. The summed E-state index contributed by atoms with van der Waals surface area (Å²) in [6.45, 7) is 2.50. The van der Waals surface area contributed by atoms with Crippen molar-refractivity contribution in [1.29, 1.82) is 0 Å². The molecule has 2 N–H and O–H groups in total. The summed E-state index contributed by atoms with van der Waals surface area (Å²) in [5.41, 5.74) is 7.10. The molecular formula is C18H20N2O3S. The largest absolute Gasteiger partial charge is 0.484 e. The van der Waals surface area contributed by atoms with Crippen LogP contribution in [-0.2, 0) is 16.1 Å². The van der Waals surface area contributed by atoms with E-state index in [1.165, 1.54) is 10.4 Å². The zero-order valence-corrected chi connectivity index (χ0v) is 14.5. The van der Waals surface area contributed by atoms with Crippen LogP contribution >= 0.6 is 11.3 Å². The van der Waals surface area contributed by atoms with Crippen LogP contribution in [0.3, 0.4) is 0 Å². The van der Waals surface area contributed by atoms with E-state index >= 15 is 0 Å². The van der Waals surface area contributed by atoms with E-state index in [2.05, 4.69) is 6.07 Å². The van der Waals surface area contributed by atoms with Gasteiger partial charge in [-0.25, -0.2) is 0 Å². The summed E-state index contributed by atoms with van der Waals surface area (Å²) in [6.07, 6.45) is 3.29. The lowest BCUT2D eigenvalue weighted by Gasteiger charge is -2.14. The van der Waals surface area contributed by atoms with E-state index in [-0.39, 0.29) is 12.5 Å². The molecule has 0 radical (unpaired) electrons. The van der Waals surface area contributed by atoms with Crippen LogP contribution in [0.15, 0.2) is 41.8 Å². The van der Waals surface area contributed by atoms with Gasteiger partial charge in [-0.15, -0.1) is 11.3 Å². The Labute approximate surface area is 145 Å². The third-order valence-corrected chi connectivity index (χ3v) is 4.41. The number of aryl methyl sites for hydroxylation is 1. The van der Waals surface area contributed by atoms with Gasteiger partial charge in [0, 0.05) is 18.0 Å². The summed E-state index contributed by atoms with van der Waals surface area (Å²) < 4.78 is 5.18. The van der Waals surface area contributed by atoms with Crippen molar-refractivity contribution in [2.45, 2.75) is 13.5 Å². The van der Waals surface area contributed by atoms with Crippen molar-refractivity contribution in [2.75, 3.05) is 13.7 Å². The number of primary amides is 1. The summed E-state index contributed by atoms with van der Waals surface area (Å²) in [6, 6.07) is 9.13. The Morgan fingerprint density at radius 1 is 1.25 bits per heavy atom. The number of likely N-dealkylation sites (N-methyl/N-ethyl adjacent to an activating group) is 1. The first kappa shape index (κ1) is 17.7. The molecule has 1 aromatic heterocycles. The van der Waals surface area contributed by atoms with Gasteiger partial charge < -0.3 is 15.4 Å². The molecule has 126 valence electrons. The first-order valence-corrected chi connectivity index (χ1v) is 8.31. The number of hydrogen-bond acceptors (Lipinski definition) is 4. The molecule has 1 aromatic carbocycles. The number of carbonyl (C=O) groups is 2. The molecule has 0 fully saturated rings. The zero-order chi connectivity index (χ0) is 17.5. The van der Waals surface area contributed by atoms with E-state index in [9.17, 15) is 9.59 Å². The van der Waals surface area contributed by atoms with E-state index < -0.39 is 5.91 Å². The third-order valence-electron chi connectivity index (χ3n) is 3.40. The van der Waals surface area contributed by atoms with Crippen molar-refractivity contribution in [1.82, 2.24) is 4.90 Å². The summed E-state index contributed by atoms with van der Waals surface area (Å²) in [7, 11) is 1.78. The van der Waals surface area contributed by atoms with E-state index in [1.54, 1.807) is 47.6 Å². The maximum Gasteiger partial charge on any atom is 0.255 e. The molecule has 0 saturated heterocycles. The third kappa shape index (κ3) is 5.24. The van der Waals surface area contributed by atoms with Crippen LogP contribution in [0, 0.1) is 6.92 Å². The number of hydrogen-bond donors (Lipinski definition) is 1. The van der Waals surface area contributed by atoms with Gasteiger partial charge in [0.15, 0.2) is 6.61 Å². The SMILES string of the molecule is Cc1ccsc1CN(C)C(=O)C=Cc1ccc(OCC(N)=O)cc1. The first-order chi connectivity index (χ1) is 11.5. The topological polar surface area (TPSA) is 72.6 Å². The lowest BCUT2D eigenvalue weighted by atomic mass is 10.2. The van der Waals surface area contributed by atoms with E-state index in [0.717, 1.165) is 5.56 Å². The van der Waals surface area contributed by atoms with Gasteiger partial charge in [-0.1, -0.05) is 12.1 Å². The number of ether oxygens (including phenoxy) is 1. The monoisotopic (exact) mass is 344 g/mol. The fraction of sp³-hybridized carbons (Fsp3) is 0.222. The molecule has 1 heterocycles. The zero-order valence-electron chi connectivity index (χ0n) is 13.7. The van der Waals surface area contributed by atoms with Crippen molar-refractivity contribution >= 4 is 29.2 Å². The maximum absolute atomic E-state index is 12.2. The Morgan fingerprint density at radius 2 is 1.96 bits per heavy atom. The molecule has 0 unspecified atom stereocenters. The van der Waals surface area contributed by atoms with Crippen molar-refractivity contribution in [2.24, 2.45) is 5.73 Å². The van der Waals surface area contributed by atoms with Gasteiger partial charge in [-0.2, -0.15) is 0 Å². The van der Waals surface area contributed by atoms with Gasteiger partial charge in [0.25, 0.3) is 5.91 Å². The minimum atomic E-state index is -0.520. The fourth-order valence-corrected chi connectivity index (χ4v) is 2.94. The van der Waals surface area contributed by atoms with Gasteiger partial charge in [-0.05, 0) is 47.7 Å². The highest BCUT2D eigenvalue weighted by molar-refractivity contribution is 7.10. The van der Waals surface area contributed by atoms with Crippen LogP contribution in [-0.4, -0.2) is 30.4 Å². The van der Waals surface area contributed by atoms with Crippen LogP contribution in [0.4, 0.5) is 0 Å². The molecule has 2 rings (SSSR count). The van der Waals surface area contributed by atoms with Crippen molar-refractivity contribution in [3.63, 3.8) is 0 Å².